The molecule has 0 saturated heterocycles. The summed E-state index contributed by atoms with van der Waals surface area (Å²) in [5.74, 6) is 0.187. The Balaban J connectivity index is 1.61. The third kappa shape index (κ3) is 4.57. The van der Waals surface area contributed by atoms with Crippen LogP contribution in [0.25, 0.3) is 0 Å². The van der Waals surface area contributed by atoms with E-state index in [0.29, 0.717) is 21.4 Å². The van der Waals surface area contributed by atoms with E-state index in [9.17, 15) is 18.0 Å². The first-order valence-corrected chi connectivity index (χ1v) is 8.32. The van der Waals surface area contributed by atoms with Crippen molar-refractivity contribution >= 4 is 28.2 Å². The summed E-state index contributed by atoms with van der Waals surface area (Å²) < 4.78 is 38.1. The van der Waals surface area contributed by atoms with Gasteiger partial charge in [-0.2, -0.15) is 13.2 Å². The molecule has 2 aromatic heterocycles. The summed E-state index contributed by atoms with van der Waals surface area (Å²) >= 11 is 1.12. The lowest BCUT2D eigenvalue weighted by Crippen LogP contribution is -2.22. The second-order valence-corrected chi connectivity index (χ2v) is 6.28. The lowest BCUT2D eigenvalue weighted by atomic mass is 10.1. The predicted molar refractivity (Wildman–Crippen MR) is 92.2 cm³/mol. The van der Waals surface area contributed by atoms with Gasteiger partial charge < -0.3 is 10.6 Å². The summed E-state index contributed by atoms with van der Waals surface area (Å²) in [4.78, 5) is 20.7. The zero-order valence-electron chi connectivity index (χ0n) is 13.2. The standard InChI is InChI=1S/C17H13F3N4OS/c18-17(19,20)12-5-3-4-11(8-12)9-22-15(25)13-10-23-16(26-13)24-14-6-1-2-7-21-14/h1-8,10H,9H2,(H,22,25)(H,21,23,24). The van der Waals surface area contributed by atoms with Crippen molar-refractivity contribution in [3.8, 4) is 0 Å². The van der Waals surface area contributed by atoms with Crippen LogP contribution >= 0.6 is 11.3 Å². The van der Waals surface area contributed by atoms with Crippen LogP contribution in [0.3, 0.4) is 0 Å². The third-order valence-corrected chi connectivity index (χ3v) is 4.25. The van der Waals surface area contributed by atoms with Gasteiger partial charge in [-0.1, -0.05) is 29.5 Å². The molecule has 0 radical (unpaired) electrons. The minimum absolute atomic E-state index is 0.0103. The molecule has 0 aliphatic rings. The minimum Gasteiger partial charge on any atom is -0.347 e. The topological polar surface area (TPSA) is 66.9 Å². The molecule has 0 aliphatic heterocycles. The van der Waals surface area contributed by atoms with E-state index in [2.05, 4.69) is 20.6 Å². The molecule has 0 fully saturated rings. The first-order valence-electron chi connectivity index (χ1n) is 7.50. The molecule has 9 heteroatoms. The average Bonchev–Trinajstić information content (AvgIpc) is 3.09. The number of carbonyl (C=O) groups is 1. The Morgan fingerprint density at radius 1 is 1.12 bits per heavy atom. The van der Waals surface area contributed by atoms with Crippen LogP contribution in [0.2, 0.25) is 0 Å². The Kier molecular flexibility index (Phi) is 5.17. The zero-order valence-corrected chi connectivity index (χ0v) is 14.1. The summed E-state index contributed by atoms with van der Waals surface area (Å²) in [5, 5.41) is 6.05. The van der Waals surface area contributed by atoms with E-state index in [1.54, 1.807) is 18.3 Å². The van der Waals surface area contributed by atoms with Gasteiger partial charge in [0, 0.05) is 12.7 Å². The molecule has 26 heavy (non-hydrogen) atoms. The molecule has 1 amide bonds. The van der Waals surface area contributed by atoms with Gasteiger partial charge in [0.25, 0.3) is 5.91 Å². The van der Waals surface area contributed by atoms with Gasteiger partial charge in [0.15, 0.2) is 5.13 Å². The van der Waals surface area contributed by atoms with Crippen LogP contribution in [-0.4, -0.2) is 15.9 Å². The number of amides is 1. The number of rotatable bonds is 5. The van der Waals surface area contributed by atoms with Crippen LogP contribution in [0.15, 0.2) is 54.9 Å². The maximum absolute atomic E-state index is 12.7. The Labute approximate surface area is 150 Å². The fraction of sp³-hybridized carbons (Fsp3) is 0.118. The van der Waals surface area contributed by atoms with Crippen molar-refractivity contribution in [1.82, 2.24) is 15.3 Å². The van der Waals surface area contributed by atoms with Gasteiger partial charge in [0.05, 0.1) is 11.8 Å². The van der Waals surface area contributed by atoms with Crippen LogP contribution in [-0.2, 0) is 12.7 Å². The normalized spacial score (nSPS) is 11.2. The van der Waals surface area contributed by atoms with E-state index in [-0.39, 0.29) is 6.54 Å². The van der Waals surface area contributed by atoms with Crippen LogP contribution in [0.4, 0.5) is 24.1 Å². The molecule has 0 spiro atoms. The van der Waals surface area contributed by atoms with Gasteiger partial charge in [-0.25, -0.2) is 9.97 Å². The first kappa shape index (κ1) is 17.9. The number of halogens is 3. The molecular weight excluding hydrogens is 365 g/mol. The summed E-state index contributed by atoms with van der Waals surface area (Å²) in [6.07, 6.45) is -1.39. The van der Waals surface area contributed by atoms with Crippen molar-refractivity contribution in [1.29, 1.82) is 0 Å². The highest BCUT2D eigenvalue weighted by atomic mass is 32.1. The van der Waals surface area contributed by atoms with E-state index < -0.39 is 17.6 Å². The van der Waals surface area contributed by atoms with Crippen LogP contribution in [0, 0.1) is 0 Å². The monoisotopic (exact) mass is 378 g/mol. The average molecular weight is 378 g/mol. The van der Waals surface area contributed by atoms with Gasteiger partial charge in [0.2, 0.25) is 0 Å². The van der Waals surface area contributed by atoms with Crippen molar-refractivity contribution < 1.29 is 18.0 Å². The number of hydrogen-bond donors (Lipinski definition) is 2. The van der Waals surface area contributed by atoms with Crippen LogP contribution in [0.1, 0.15) is 20.8 Å². The van der Waals surface area contributed by atoms with Crippen molar-refractivity contribution in [3.05, 3.63) is 70.9 Å². The van der Waals surface area contributed by atoms with Gasteiger partial charge in [-0.05, 0) is 29.8 Å². The molecule has 0 unspecified atom stereocenters. The minimum atomic E-state index is -4.41. The summed E-state index contributed by atoms with van der Waals surface area (Å²) in [6, 6.07) is 10.2. The molecule has 3 aromatic rings. The summed E-state index contributed by atoms with van der Waals surface area (Å²) in [6.45, 7) is -0.0103. The zero-order chi connectivity index (χ0) is 18.6. The number of nitrogens with zero attached hydrogens (tertiary/aromatic N) is 2. The number of benzene rings is 1. The number of aromatic nitrogens is 2. The van der Waals surface area contributed by atoms with E-state index in [1.807, 2.05) is 6.07 Å². The van der Waals surface area contributed by atoms with Crippen molar-refractivity contribution in [2.24, 2.45) is 0 Å². The Morgan fingerprint density at radius 3 is 2.69 bits per heavy atom. The number of carbonyl (C=O) groups excluding carboxylic acids is 1. The van der Waals surface area contributed by atoms with Crippen molar-refractivity contribution in [2.75, 3.05) is 5.32 Å². The Hall–Kier alpha value is -2.94. The molecule has 0 saturated carbocycles. The molecule has 2 heterocycles. The first-order chi connectivity index (χ1) is 12.4. The van der Waals surface area contributed by atoms with Gasteiger partial charge in [-0.3, -0.25) is 4.79 Å². The molecule has 2 N–H and O–H groups in total. The number of alkyl halides is 3. The SMILES string of the molecule is O=C(NCc1cccc(C(F)(F)F)c1)c1cnc(Nc2ccccn2)s1. The van der Waals surface area contributed by atoms with E-state index in [1.165, 1.54) is 18.3 Å². The van der Waals surface area contributed by atoms with Crippen LogP contribution in [0.5, 0.6) is 0 Å². The number of pyridine rings is 1. The molecule has 0 aliphatic carbocycles. The van der Waals surface area contributed by atoms with E-state index >= 15 is 0 Å². The number of anilines is 2. The Bertz CT molecular complexity index is 896. The van der Waals surface area contributed by atoms with Crippen molar-refractivity contribution in [3.63, 3.8) is 0 Å². The maximum Gasteiger partial charge on any atom is 0.416 e. The number of thiazole rings is 1. The molecule has 1 aromatic carbocycles. The second kappa shape index (κ2) is 7.52. The van der Waals surface area contributed by atoms with Gasteiger partial charge in [0.1, 0.15) is 10.7 Å². The smallest absolute Gasteiger partial charge is 0.347 e. The molecule has 5 nitrogen and oxygen atoms in total. The van der Waals surface area contributed by atoms with E-state index in [4.69, 9.17) is 0 Å². The maximum atomic E-state index is 12.7. The van der Waals surface area contributed by atoms with Gasteiger partial charge >= 0.3 is 6.18 Å². The molecule has 0 atom stereocenters. The van der Waals surface area contributed by atoms with E-state index in [0.717, 1.165) is 23.5 Å². The van der Waals surface area contributed by atoms with Crippen molar-refractivity contribution in [2.45, 2.75) is 12.7 Å². The van der Waals surface area contributed by atoms with Crippen LogP contribution < -0.4 is 10.6 Å². The largest absolute Gasteiger partial charge is 0.416 e. The fourth-order valence-electron chi connectivity index (χ4n) is 2.11. The lowest BCUT2D eigenvalue weighted by Gasteiger charge is -2.09. The third-order valence-electron chi connectivity index (χ3n) is 3.34. The molecule has 134 valence electrons. The summed E-state index contributed by atoms with van der Waals surface area (Å²) in [7, 11) is 0. The van der Waals surface area contributed by atoms with Gasteiger partial charge in [-0.15, -0.1) is 0 Å². The Morgan fingerprint density at radius 2 is 1.96 bits per heavy atom. The highest BCUT2D eigenvalue weighted by Crippen LogP contribution is 2.29. The molecule has 3 rings (SSSR count). The number of nitrogens with one attached hydrogen (secondary N) is 2. The summed E-state index contributed by atoms with van der Waals surface area (Å²) in [5.41, 5.74) is -0.381. The molecular formula is C17H13F3N4OS. The highest BCUT2D eigenvalue weighted by molar-refractivity contribution is 7.17. The lowest BCUT2D eigenvalue weighted by molar-refractivity contribution is -0.137. The highest BCUT2D eigenvalue weighted by Gasteiger charge is 2.30. The molecule has 0 bridgehead atoms. The second-order valence-electron chi connectivity index (χ2n) is 5.25. The quantitative estimate of drug-likeness (QED) is 0.697. The fourth-order valence-corrected chi connectivity index (χ4v) is 2.85. The number of hydrogen-bond acceptors (Lipinski definition) is 5. The predicted octanol–water partition coefficient (Wildman–Crippen LogP) is 4.23.